The Labute approximate surface area is 140 Å². The number of hydrogen-bond acceptors (Lipinski definition) is 4. The molecule has 1 aromatic carbocycles. The Morgan fingerprint density at radius 1 is 1.25 bits per heavy atom. The molecule has 3 aromatic rings. The highest BCUT2D eigenvalue weighted by molar-refractivity contribution is 6.01. The predicted octanol–water partition coefficient (Wildman–Crippen LogP) is 2.99. The number of aromatic amines is 1. The van der Waals surface area contributed by atoms with E-state index in [9.17, 15) is 4.79 Å². The molecule has 2 aromatic heterocycles. The van der Waals surface area contributed by atoms with Gasteiger partial charge in [-0.25, -0.2) is 0 Å². The average Bonchev–Trinajstić information content (AvgIpc) is 2.99. The molecule has 24 heavy (non-hydrogen) atoms. The van der Waals surface area contributed by atoms with E-state index in [1.807, 2.05) is 18.2 Å². The van der Waals surface area contributed by atoms with Crippen LogP contribution in [0.15, 0.2) is 42.7 Å². The fourth-order valence-electron chi connectivity index (χ4n) is 2.75. The van der Waals surface area contributed by atoms with Crippen LogP contribution in [0.4, 0.5) is 11.5 Å². The Morgan fingerprint density at radius 3 is 2.79 bits per heavy atom. The molecule has 0 aliphatic heterocycles. The van der Waals surface area contributed by atoms with Gasteiger partial charge in [0.1, 0.15) is 0 Å². The molecular weight excluding hydrogens is 302 g/mol. The average molecular weight is 323 g/mol. The molecule has 0 radical (unpaired) electrons. The second-order valence-corrected chi connectivity index (χ2v) is 5.56. The van der Waals surface area contributed by atoms with Gasteiger partial charge >= 0.3 is 0 Å². The number of carbonyl (C=O) groups is 1. The SMILES string of the molecule is CCN(CC)c1ccc2[nH]nc(NC(=O)Cc3cccnc3)c2c1. The molecule has 0 fully saturated rings. The van der Waals surface area contributed by atoms with Crippen molar-refractivity contribution in [3.8, 4) is 0 Å². The number of nitrogens with zero attached hydrogens (tertiary/aromatic N) is 3. The largest absolute Gasteiger partial charge is 0.372 e. The minimum atomic E-state index is -0.107. The first-order chi connectivity index (χ1) is 11.7. The third kappa shape index (κ3) is 3.37. The summed E-state index contributed by atoms with van der Waals surface area (Å²) >= 11 is 0. The smallest absolute Gasteiger partial charge is 0.230 e. The van der Waals surface area contributed by atoms with Gasteiger partial charge in [0.05, 0.1) is 11.9 Å². The molecular formula is C18H21N5O. The molecule has 2 N–H and O–H groups in total. The normalized spacial score (nSPS) is 10.8. The lowest BCUT2D eigenvalue weighted by Crippen LogP contribution is -2.21. The van der Waals surface area contributed by atoms with E-state index in [1.54, 1.807) is 12.4 Å². The third-order valence-corrected chi connectivity index (χ3v) is 4.02. The number of aromatic nitrogens is 3. The summed E-state index contributed by atoms with van der Waals surface area (Å²) in [6.07, 6.45) is 3.66. The number of rotatable bonds is 6. The zero-order valence-corrected chi connectivity index (χ0v) is 13.9. The van der Waals surface area contributed by atoms with Gasteiger partial charge in [0, 0.05) is 36.6 Å². The summed E-state index contributed by atoms with van der Waals surface area (Å²) < 4.78 is 0. The van der Waals surface area contributed by atoms with E-state index < -0.39 is 0 Å². The van der Waals surface area contributed by atoms with Crippen LogP contribution < -0.4 is 10.2 Å². The molecule has 0 unspecified atom stereocenters. The minimum absolute atomic E-state index is 0.107. The zero-order valence-electron chi connectivity index (χ0n) is 13.9. The summed E-state index contributed by atoms with van der Waals surface area (Å²) in [5, 5.41) is 11.0. The van der Waals surface area contributed by atoms with Crippen LogP contribution in [0.3, 0.4) is 0 Å². The monoisotopic (exact) mass is 323 g/mol. The van der Waals surface area contributed by atoms with Crippen molar-refractivity contribution in [2.45, 2.75) is 20.3 Å². The Morgan fingerprint density at radius 2 is 2.08 bits per heavy atom. The van der Waals surface area contributed by atoms with E-state index in [1.165, 1.54) is 0 Å². The Kier molecular flexibility index (Phi) is 4.74. The van der Waals surface area contributed by atoms with E-state index in [-0.39, 0.29) is 12.3 Å². The number of fused-ring (bicyclic) bond motifs is 1. The lowest BCUT2D eigenvalue weighted by molar-refractivity contribution is -0.115. The van der Waals surface area contributed by atoms with Gasteiger partial charge < -0.3 is 10.2 Å². The second-order valence-electron chi connectivity index (χ2n) is 5.56. The summed E-state index contributed by atoms with van der Waals surface area (Å²) in [6, 6.07) is 9.82. The Hall–Kier alpha value is -2.89. The van der Waals surface area contributed by atoms with Crippen LogP contribution >= 0.6 is 0 Å². The summed E-state index contributed by atoms with van der Waals surface area (Å²) in [5.41, 5.74) is 2.90. The van der Waals surface area contributed by atoms with E-state index in [4.69, 9.17) is 0 Å². The van der Waals surface area contributed by atoms with Crippen molar-refractivity contribution < 1.29 is 4.79 Å². The van der Waals surface area contributed by atoms with Gasteiger partial charge in [-0.05, 0) is 43.7 Å². The molecule has 0 aliphatic rings. The molecule has 6 nitrogen and oxygen atoms in total. The van der Waals surface area contributed by atoms with Crippen molar-refractivity contribution in [3.05, 3.63) is 48.3 Å². The highest BCUT2D eigenvalue weighted by Crippen LogP contribution is 2.26. The molecule has 3 rings (SSSR count). The lowest BCUT2D eigenvalue weighted by atomic mass is 10.2. The molecule has 0 aliphatic carbocycles. The Balaban J connectivity index is 1.81. The molecule has 0 bridgehead atoms. The highest BCUT2D eigenvalue weighted by atomic mass is 16.1. The van der Waals surface area contributed by atoms with Gasteiger partial charge in [0.25, 0.3) is 0 Å². The second kappa shape index (κ2) is 7.12. The first-order valence-electron chi connectivity index (χ1n) is 8.13. The van der Waals surface area contributed by atoms with Crippen molar-refractivity contribution >= 4 is 28.3 Å². The third-order valence-electron chi connectivity index (χ3n) is 4.02. The van der Waals surface area contributed by atoms with E-state index >= 15 is 0 Å². The van der Waals surface area contributed by atoms with Crippen LogP contribution in [-0.2, 0) is 11.2 Å². The van der Waals surface area contributed by atoms with Gasteiger partial charge in [-0.2, -0.15) is 5.10 Å². The fraction of sp³-hybridized carbons (Fsp3) is 0.278. The molecule has 2 heterocycles. The van der Waals surface area contributed by atoms with Crippen molar-refractivity contribution in [1.29, 1.82) is 0 Å². The first-order valence-corrected chi connectivity index (χ1v) is 8.13. The van der Waals surface area contributed by atoms with E-state index in [2.05, 4.69) is 51.4 Å². The van der Waals surface area contributed by atoms with Crippen LogP contribution in [-0.4, -0.2) is 34.2 Å². The number of benzene rings is 1. The number of carbonyl (C=O) groups excluding carboxylic acids is 1. The summed E-state index contributed by atoms with van der Waals surface area (Å²) in [5.74, 6) is 0.456. The van der Waals surface area contributed by atoms with Gasteiger partial charge in [-0.15, -0.1) is 0 Å². The van der Waals surface area contributed by atoms with Crippen molar-refractivity contribution in [1.82, 2.24) is 15.2 Å². The van der Waals surface area contributed by atoms with Crippen LogP contribution in [0.1, 0.15) is 19.4 Å². The van der Waals surface area contributed by atoms with E-state index in [0.717, 1.165) is 35.2 Å². The predicted molar refractivity (Wildman–Crippen MR) is 96.2 cm³/mol. The van der Waals surface area contributed by atoms with Gasteiger partial charge in [-0.3, -0.25) is 14.9 Å². The molecule has 6 heteroatoms. The van der Waals surface area contributed by atoms with Gasteiger partial charge in [-0.1, -0.05) is 6.07 Å². The molecule has 0 atom stereocenters. The van der Waals surface area contributed by atoms with Crippen LogP contribution in [0.5, 0.6) is 0 Å². The van der Waals surface area contributed by atoms with Crippen LogP contribution in [0.25, 0.3) is 10.9 Å². The maximum atomic E-state index is 12.3. The summed E-state index contributed by atoms with van der Waals surface area (Å²) in [4.78, 5) is 18.5. The number of pyridine rings is 1. The first kappa shape index (κ1) is 16.0. The number of hydrogen-bond donors (Lipinski definition) is 2. The highest BCUT2D eigenvalue weighted by Gasteiger charge is 2.12. The molecule has 0 saturated heterocycles. The number of H-pyrrole nitrogens is 1. The molecule has 0 spiro atoms. The number of amides is 1. The quantitative estimate of drug-likeness (QED) is 0.731. The Bertz CT molecular complexity index is 824. The molecule has 1 amide bonds. The zero-order chi connectivity index (χ0) is 16.9. The van der Waals surface area contributed by atoms with Crippen molar-refractivity contribution in [2.75, 3.05) is 23.3 Å². The van der Waals surface area contributed by atoms with Crippen LogP contribution in [0, 0.1) is 0 Å². The van der Waals surface area contributed by atoms with Crippen molar-refractivity contribution in [3.63, 3.8) is 0 Å². The van der Waals surface area contributed by atoms with Gasteiger partial charge in [0.15, 0.2) is 5.82 Å². The summed E-state index contributed by atoms with van der Waals surface area (Å²) in [7, 11) is 0. The van der Waals surface area contributed by atoms with Crippen molar-refractivity contribution in [2.24, 2.45) is 0 Å². The number of anilines is 2. The maximum absolute atomic E-state index is 12.3. The molecule has 0 saturated carbocycles. The topological polar surface area (TPSA) is 73.9 Å². The summed E-state index contributed by atoms with van der Waals surface area (Å²) in [6.45, 7) is 6.12. The fourth-order valence-corrected chi connectivity index (χ4v) is 2.75. The molecule has 124 valence electrons. The van der Waals surface area contributed by atoms with Crippen LogP contribution in [0.2, 0.25) is 0 Å². The number of nitrogens with one attached hydrogen (secondary N) is 2. The minimum Gasteiger partial charge on any atom is -0.372 e. The van der Waals surface area contributed by atoms with E-state index in [0.29, 0.717) is 5.82 Å². The standard InChI is InChI=1S/C18H21N5O/c1-3-23(4-2)14-7-8-16-15(11-14)18(22-21-16)20-17(24)10-13-6-5-9-19-12-13/h5-9,11-12H,3-4,10H2,1-2H3,(H2,20,21,22,24). The van der Waals surface area contributed by atoms with Gasteiger partial charge in [0.2, 0.25) is 5.91 Å². The maximum Gasteiger partial charge on any atom is 0.230 e. The lowest BCUT2D eigenvalue weighted by Gasteiger charge is -2.20.